The summed E-state index contributed by atoms with van der Waals surface area (Å²) in [7, 11) is 0. The maximum atomic E-state index is 12.6. The van der Waals surface area contributed by atoms with Gasteiger partial charge in [0.2, 0.25) is 17.9 Å². The molecule has 0 radical (unpaired) electrons. The van der Waals surface area contributed by atoms with Gasteiger partial charge in [-0.25, -0.2) is 0 Å². The Morgan fingerprint density at radius 1 is 1.00 bits per heavy atom. The molecule has 0 spiro atoms. The number of nitriles is 1. The van der Waals surface area contributed by atoms with Crippen LogP contribution in [0.15, 0.2) is 54.6 Å². The highest BCUT2D eigenvalue weighted by Gasteiger charge is 2.27. The minimum absolute atomic E-state index is 0.0160. The average molecular weight is 422 g/mol. The number of benzene rings is 2. The van der Waals surface area contributed by atoms with Crippen molar-refractivity contribution >= 4 is 23.4 Å². The van der Waals surface area contributed by atoms with Crippen LogP contribution in [0.5, 0.6) is 11.5 Å². The van der Waals surface area contributed by atoms with Crippen LogP contribution in [-0.2, 0) is 14.4 Å². The molecule has 0 saturated heterocycles. The zero-order valence-electron chi connectivity index (χ0n) is 16.7. The molecule has 2 N–H and O–H groups in total. The van der Waals surface area contributed by atoms with Crippen LogP contribution in [0.2, 0.25) is 0 Å². The number of amides is 3. The Hall–Kier alpha value is -4.06. The number of rotatable bonds is 7. The fraction of sp³-hybridized carbons (Fsp3) is 0.273. The number of carbonyl (C=O) groups is 3. The van der Waals surface area contributed by atoms with Crippen molar-refractivity contribution in [3.63, 3.8) is 0 Å². The van der Waals surface area contributed by atoms with Crippen molar-refractivity contribution in [3.8, 4) is 17.6 Å². The first-order valence-corrected chi connectivity index (χ1v) is 9.78. The van der Waals surface area contributed by atoms with E-state index in [1.54, 1.807) is 48.5 Å². The summed E-state index contributed by atoms with van der Waals surface area (Å²) in [5, 5.41) is 8.83. The Morgan fingerprint density at radius 3 is 2.45 bits per heavy atom. The topological polar surface area (TPSA) is 121 Å². The van der Waals surface area contributed by atoms with Crippen LogP contribution < -0.4 is 25.2 Å². The molecule has 0 fully saturated rings. The van der Waals surface area contributed by atoms with Gasteiger partial charge in [-0.1, -0.05) is 30.3 Å². The maximum absolute atomic E-state index is 12.6. The SMILES string of the molecule is N#CCCN(C(=O)CCC(=O)NNC(=O)C1COc2ccccc2O1)c1ccccc1. The molecule has 1 heterocycles. The third-order valence-corrected chi connectivity index (χ3v) is 4.51. The van der Waals surface area contributed by atoms with E-state index in [1.165, 1.54) is 4.90 Å². The first-order valence-electron chi connectivity index (χ1n) is 9.78. The number of fused-ring (bicyclic) bond motifs is 1. The van der Waals surface area contributed by atoms with Crippen molar-refractivity contribution in [2.24, 2.45) is 0 Å². The molecule has 0 bridgehead atoms. The molecule has 2 aromatic carbocycles. The summed E-state index contributed by atoms with van der Waals surface area (Å²) in [5.41, 5.74) is 5.23. The third-order valence-electron chi connectivity index (χ3n) is 4.51. The molecule has 2 aromatic rings. The fourth-order valence-electron chi connectivity index (χ4n) is 2.95. The van der Waals surface area contributed by atoms with Gasteiger partial charge >= 0.3 is 0 Å². The summed E-state index contributed by atoms with van der Waals surface area (Å²) in [6.45, 7) is 0.250. The molecule has 0 aliphatic carbocycles. The first-order chi connectivity index (χ1) is 15.1. The average Bonchev–Trinajstić information content (AvgIpc) is 2.81. The third kappa shape index (κ3) is 5.96. The lowest BCUT2D eigenvalue weighted by molar-refractivity contribution is -0.135. The minimum atomic E-state index is -0.906. The Morgan fingerprint density at radius 2 is 1.71 bits per heavy atom. The van der Waals surface area contributed by atoms with Crippen LogP contribution in [0.25, 0.3) is 0 Å². The lowest BCUT2D eigenvalue weighted by Crippen LogP contribution is -2.51. The second-order valence-corrected chi connectivity index (χ2v) is 6.69. The highest BCUT2D eigenvalue weighted by Crippen LogP contribution is 2.30. The monoisotopic (exact) mass is 422 g/mol. The largest absolute Gasteiger partial charge is 0.485 e. The van der Waals surface area contributed by atoms with Crippen LogP contribution >= 0.6 is 0 Å². The van der Waals surface area contributed by atoms with Crippen molar-refractivity contribution in [2.75, 3.05) is 18.1 Å². The normalized spacial score (nSPS) is 14.1. The van der Waals surface area contributed by atoms with Gasteiger partial charge in [0.15, 0.2) is 11.5 Å². The zero-order valence-corrected chi connectivity index (χ0v) is 16.7. The van der Waals surface area contributed by atoms with E-state index in [4.69, 9.17) is 14.7 Å². The van der Waals surface area contributed by atoms with E-state index in [1.807, 2.05) is 12.1 Å². The molecule has 1 aliphatic heterocycles. The van der Waals surface area contributed by atoms with Gasteiger partial charge in [-0.05, 0) is 24.3 Å². The van der Waals surface area contributed by atoms with E-state index in [-0.39, 0.29) is 38.3 Å². The van der Waals surface area contributed by atoms with Gasteiger partial charge in [0.25, 0.3) is 5.91 Å². The number of para-hydroxylation sites is 3. The number of carbonyl (C=O) groups excluding carboxylic acids is 3. The lowest BCUT2D eigenvalue weighted by Gasteiger charge is -2.25. The van der Waals surface area contributed by atoms with Crippen molar-refractivity contribution in [2.45, 2.75) is 25.4 Å². The molecule has 1 atom stereocenters. The fourth-order valence-corrected chi connectivity index (χ4v) is 2.95. The smallest absolute Gasteiger partial charge is 0.283 e. The van der Waals surface area contributed by atoms with Crippen molar-refractivity contribution in [1.82, 2.24) is 10.9 Å². The number of hydrazine groups is 1. The number of hydrogen-bond acceptors (Lipinski definition) is 6. The Balaban J connectivity index is 1.45. The van der Waals surface area contributed by atoms with Crippen LogP contribution in [0, 0.1) is 11.3 Å². The summed E-state index contributed by atoms with van der Waals surface area (Å²) in [6, 6.07) is 17.9. The molecule has 1 unspecified atom stereocenters. The van der Waals surface area contributed by atoms with Gasteiger partial charge in [-0.3, -0.25) is 25.2 Å². The summed E-state index contributed by atoms with van der Waals surface area (Å²) < 4.78 is 11.0. The van der Waals surface area contributed by atoms with Gasteiger partial charge in [-0.2, -0.15) is 5.26 Å². The van der Waals surface area contributed by atoms with E-state index < -0.39 is 17.9 Å². The van der Waals surface area contributed by atoms with Crippen LogP contribution in [0.3, 0.4) is 0 Å². The molecule has 0 saturated carbocycles. The van der Waals surface area contributed by atoms with Gasteiger partial charge < -0.3 is 14.4 Å². The first kappa shape index (κ1) is 21.6. The molecule has 9 heteroatoms. The van der Waals surface area contributed by atoms with E-state index in [0.717, 1.165) is 0 Å². The molecule has 3 amide bonds. The highest BCUT2D eigenvalue weighted by atomic mass is 16.6. The van der Waals surface area contributed by atoms with Crippen LogP contribution in [-0.4, -0.2) is 37.0 Å². The molecule has 3 rings (SSSR count). The van der Waals surface area contributed by atoms with E-state index in [9.17, 15) is 14.4 Å². The van der Waals surface area contributed by atoms with E-state index in [2.05, 4.69) is 10.9 Å². The van der Waals surface area contributed by atoms with Crippen LogP contribution in [0.1, 0.15) is 19.3 Å². The maximum Gasteiger partial charge on any atom is 0.283 e. The van der Waals surface area contributed by atoms with Gasteiger partial charge in [0.1, 0.15) is 6.61 Å². The predicted molar refractivity (Wildman–Crippen MR) is 111 cm³/mol. The number of nitrogens with zero attached hydrogens (tertiary/aromatic N) is 2. The summed E-state index contributed by atoms with van der Waals surface area (Å²) >= 11 is 0. The number of ether oxygens (including phenoxy) is 2. The van der Waals surface area contributed by atoms with E-state index >= 15 is 0 Å². The Kier molecular flexibility index (Phi) is 7.43. The molecule has 9 nitrogen and oxygen atoms in total. The zero-order chi connectivity index (χ0) is 22.1. The summed E-state index contributed by atoms with van der Waals surface area (Å²) in [6.07, 6.45) is -0.926. The second-order valence-electron chi connectivity index (χ2n) is 6.69. The van der Waals surface area contributed by atoms with Gasteiger partial charge in [0, 0.05) is 25.1 Å². The molecule has 1 aliphatic rings. The van der Waals surface area contributed by atoms with Gasteiger partial charge in [0.05, 0.1) is 12.5 Å². The summed E-state index contributed by atoms with van der Waals surface area (Å²) in [5.74, 6) is -0.373. The lowest BCUT2D eigenvalue weighted by atomic mass is 10.2. The molecule has 0 aromatic heterocycles. The molecule has 31 heavy (non-hydrogen) atoms. The number of nitrogens with one attached hydrogen (secondary N) is 2. The number of anilines is 1. The quantitative estimate of drug-likeness (QED) is 0.655. The predicted octanol–water partition coefficient (Wildman–Crippen LogP) is 1.70. The van der Waals surface area contributed by atoms with Crippen molar-refractivity contribution in [1.29, 1.82) is 5.26 Å². The molecular weight excluding hydrogens is 400 g/mol. The summed E-state index contributed by atoms with van der Waals surface area (Å²) in [4.78, 5) is 38.4. The standard InChI is InChI=1S/C22H22N4O5/c23-13-6-14-26(16-7-2-1-3-8-16)21(28)12-11-20(27)24-25-22(29)19-15-30-17-9-4-5-10-18(17)31-19/h1-5,7-10,19H,6,11-12,14-15H2,(H,24,27)(H,25,29). The second kappa shape index (κ2) is 10.6. The Bertz CT molecular complexity index is 973. The van der Waals surface area contributed by atoms with Gasteiger partial charge in [-0.15, -0.1) is 0 Å². The number of hydrogen-bond donors (Lipinski definition) is 2. The Labute approximate surface area is 179 Å². The molecular formula is C22H22N4O5. The van der Waals surface area contributed by atoms with Crippen molar-refractivity contribution in [3.05, 3.63) is 54.6 Å². The van der Waals surface area contributed by atoms with Crippen LogP contribution in [0.4, 0.5) is 5.69 Å². The van der Waals surface area contributed by atoms with E-state index in [0.29, 0.717) is 17.2 Å². The minimum Gasteiger partial charge on any atom is -0.485 e. The highest BCUT2D eigenvalue weighted by molar-refractivity contribution is 5.95. The van der Waals surface area contributed by atoms with Crippen molar-refractivity contribution < 1.29 is 23.9 Å². The molecule has 160 valence electrons.